The van der Waals surface area contributed by atoms with E-state index in [0.29, 0.717) is 30.2 Å². The van der Waals surface area contributed by atoms with E-state index in [1.165, 1.54) is 5.56 Å². The monoisotopic (exact) mass is 401 g/mol. The molecule has 0 radical (unpaired) electrons. The van der Waals surface area contributed by atoms with Crippen molar-refractivity contribution in [1.29, 1.82) is 0 Å². The number of amides is 1. The highest BCUT2D eigenvalue weighted by Crippen LogP contribution is 2.24. The molecule has 0 aromatic heterocycles. The lowest BCUT2D eigenvalue weighted by molar-refractivity contribution is 0.0680. The van der Waals surface area contributed by atoms with Crippen molar-refractivity contribution in [3.8, 4) is 5.75 Å². The van der Waals surface area contributed by atoms with Gasteiger partial charge in [0.2, 0.25) is 0 Å². The normalized spacial score (nSPS) is 18.2. The van der Waals surface area contributed by atoms with Gasteiger partial charge in [-0.3, -0.25) is 4.79 Å². The Morgan fingerprint density at radius 3 is 2.46 bits per heavy atom. The first-order valence-corrected chi connectivity index (χ1v) is 11.4. The molecule has 0 spiro atoms. The fourth-order valence-electron chi connectivity index (χ4n) is 3.51. The van der Waals surface area contributed by atoms with Gasteiger partial charge in [-0.05, 0) is 41.7 Å². The molecule has 0 aliphatic carbocycles. The lowest BCUT2D eigenvalue weighted by Crippen LogP contribution is -2.40. The summed E-state index contributed by atoms with van der Waals surface area (Å²) in [4.78, 5) is 15.0. The highest BCUT2D eigenvalue weighted by molar-refractivity contribution is 7.91. The van der Waals surface area contributed by atoms with E-state index in [-0.39, 0.29) is 23.5 Å². The van der Waals surface area contributed by atoms with Crippen LogP contribution < -0.4 is 4.74 Å². The Labute approximate surface area is 167 Å². The van der Waals surface area contributed by atoms with Gasteiger partial charge in [-0.25, -0.2) is 8.42 Å². The molecule has 1 fully saturated rings. The number of hydrogen-bond acceptors (Lipinski definition) is 4. The highest BCUT2D eigenvalue weighted by Gasteiger charge is 2.35. The molecule has 0 saturated carbocycles. The molecular weight excluding hydrogens is 374 g/mol. The van der Waals surface area contributed by atoms with E-state index >= 15 is 0 Å². The summed E-state index contributed by atoms with van der Waals surface area (Å²) in [5.74, 6) is 1.02. The number of sulfone groups is 1. The first kappa shape index (κ1) is 20.4. The number of hydrogen-bond donors (Lipinski definition) is 0. The maximum Gasteiger partial charge on any atom is 0.254 e. The van der Waals surface area contributed by atoms with Crippen molar-refractivity contribution in [2.45, 2.75) is 38.8 Å². The molecule has 0 bridgehead atoms. The van der Waals surface area contributed by atoms with Crippen LogP contribution in [0.4, 0.5) is 0 Å². The van der Waals surface area contributed by atoms with Crippen LogP contribution >= 0.6 is 0 Å². The molecule has 0 unspecified atom stereocenters. The summed E-state index contributed by atoms with van der Waals surface area (Å²) in [7, 11) is -1.54. The van der Waals surface area contributed by atoms with Crippen LogP contribution in [0.2, 0.25) is 0 Å². The third kappa shape index (κ3) is 4.73. The molecule has 150 valence electrons. The molecule has 1 aliphatic rings. The van der Waals surface area contributed by atoms with Crippen LogP contribution in [0.5, 0.6) is 5.75 Å². The topological polar surface area (TPSA) is 63.7 Å². The van der Waals surface area contributed by atoms with Gasteiger partial charge in [0.1, 0.15) is 5.75 Å². The summed E-state index contributed by atoms with van der Waals surface area (Å²) < 4.78 is 29.3. The average molecular weight is 402 g/mol. The third-order valence-corrected chi connectivity index (χ3v) is 6.98. The summed E-state index contributed by atoms with van der Waals surface area (Å²) in [6.07, 6.45) is 0.474. The van der Waals surface area contributed by atoms with Crippen molar-refractivity contribution in [2.24, 2.45) is 0 Å². The number of carbonyl (C=O) groups excluding carboxylic acids is 1. The SMILES string of the molecule is COc1cccc(C(=O)N(Cc2ccc(C(C)C)cc2)[C@H]2CCS(=O)(=O)C2)c1. The first-order chi connectivity index (χ1) is 13.3. The van der Waals surface area contributed by atoms with E-state index in [1.807, 2.05) is 12.1 Å². The molecule has 1 saturated heterocycles. The van der Waals surface area contributed by atoms with Gasteiger partial charge in [0.05, 0.1) is 18.6 Å². The van der Waals surface area contributed by atoms with Crippen LogP contribution in [0, 0.1) is 0 Å². The fourth-order valence-corrected chi connectivity index (χ4v) is 5.25. The molecule has 2 aromatic carbocycles. The van der Waals surface area contributed by atoms with Crippen molar-refractivity contribution in [2.75, 3.05) is 18.6 Å². The second-order valence-electron chi connectivity index (χ2n) is 7.62. The van der Waals surface area contributed by atoms with Crippen molar-refractivity contribution >= 4 is 15.7 Å². The van der Waals surface area contributed by atoms with Crippen LogP contribution in [0.15, 0.2) is 48.5 Å². The van der Waals surface area contributed by atoms with Crippen LogP contribution in [0.3, 0.4) is 0 Å². The average Bonchev–Trinajstić information content (AvgIpc) is 3.05. The summed E-state index contributed by atoms with van der Waals surface area (Å²) in [6.45, 7) is 4.66. The van der Waals surface area contributed by atoms with Gasteiger partial charge in [0.25, 0.3) is 5.91 Å². The number of carbonyl (C=O) groups is 1. The zero-order valence-corrected chi connectivity index (χ0v) is 17.4. The summed E-state index contributed by atoms with van der Waals surface area (Å²) in [6, 6.07) is 14.9. The molecule has 1 aliphatic heterocycles. The van der Waals surface area contributed by atoms with E-state index < -0.39 is 9.84 Å². The quantitative estimate of drug-likeness (QED) is 0.741. The Morgan fingerprint density at radius 1 is 1.18 bits per heavy atom. The van der Waals surface area contributed by atoms with Crippen molar-refractivity contribution in [3.05, 3.63) is 65.2 Å². The number of nitrogens with zero attached hydrogens (tertiary/aromatic N) is 1. The molecule has 3 rings (SSSR count). The van der Waals surface area contributed by atoms with Gasteiger partial charge in [-0.2, -0.15) is 0 Å². The van der Waals surface area contributed by atoms with Gasteiger partial charge in [0, 0.05) is 18.2 Å². The highest BCUT2D eigenvalue weighted by atomic mass is 32.2. The van der Waals surface area contributed by atoms with Gasteiger partial charge in [0.15, 0.2) is 9.84 Å². The molecule has 1 amide bonds. The minimum absolute atomic E-state index is 0.0206. The fraction of sp³-hybridized carbons (Fsp3) is 0.409. The van der Waals surface area contributed by atoms with Crippen LogP contribution in [-0.4, -0.2) is 43.9 Å². The summed E-state index contributed by atoms with van der Waals surface area (Å²) >= 11 is 0. The van der Waals surface area contributed by atoms with E-state index in [9.17, 15) is 13.2 Å². The smallest absolute Gasteiger partial charge is 0.254 e. The number of ether oxygens (including phenoxy) is 1. The van der Waals surface area contributed by atoms with E-state index in [2.05, 4.69) is 26.0 Å². The molecular formula is C22H27NO4S. The van der Waals surface area contributed by atoms with Gasteiger partial charge in [-0.1, -0.05) is 44.2 Å². The predicted octanol–water partition coefficient (Wildman–Crippen LogP) is 3.65. The molecule has 0 N–H and O–H groups in total. The lowest BCUT2D eigenvalue weighted by Gasteiger charge is -2.29. The van der Waals surface area contributed by atoms with Crippen LogP contribution in [0.1, 0.15) is 47.7 Å². The second-order valence-corrected chi connectivity index (χ2v) is 9.85. The first-order valence-electron chi connectivity index (χ1n) is 9.53. The van der Waals surface area contributed by atoms with Gasteiger partial charge < -0.3 is 9.64 Å². The van der Waals surface area contributed by atoms with E-state index in [4.69, 9.17) is 4.74 Å². The third-order valence-electron chi connectivity index (χ3n) is 5.23. The molecule has 28 heavy (non-hydrogen) atoms. The van der Waals surface area contributed by atoms with Crippen LogP contribution in [0.25, 0.3) is 0 Å². The molecule has 5 nitrogen and oxygen atoms in total. The Balaban J connectivity index is 1.89. The maximum atomic E-state index is 13.3. The Kier molecular flexibility index (Phi) is 6.08. The Bertz CT molecular complexity index is 935. The Morgan fingerprint density at radius 2 is 1.89 bits per heavy atom. The van der Waals surface area contributed by atoms with Gasteiger partial charge >= 0.3 is 0 Å². The number of rotatable bonds is 6. The standard InChI is InChI=1S/C22H27NO4S/c1-16(2)18-9-7-17(8-10-18)14-23(20-11-12-28(25,26)15-20)22(24)19-5-4-6-21(13-19)27-3/h4-10,13,16,20H,11-12,14-15H2,1-3H3/t20-/m0/s1. The Hall–Kier alpha value is -2.34. The predicted molar refractivity (Wildman–Crippen MR) is 110 cm³/mol. The molecule has 1 heterocycles. The summed E-state index contributed by atoms with van der Waals surface area (Å²) in [5.41, 5.74) is 2.73. The molecule has 1 atom stereocenters. The van der Waals surface area contributed by atoms with E-state index in [1.54, 1.807) is 36.3 Å². The largest absolute Gasteiger partial charge is 0.497 e. The van der Waals surface area contributed by atoms with Crippen molar-refractivity contribution in [3.63, 3.8) is 0 Å². The second kappa shape index (κ2) is 8.35. The zero-order valence-electron chi connectivity index (χ0n) is 16.6. The van der Waals surface area contributed by atoms with Gasteiger partial charge in [-0.15, -0.1) is 0 Å². The number of benzene rings is 2. The minimum atomic E-state index is -3.10. The minimum Gasteiger partial charge on any atom is -0.497 e. The maximum absolute atomic E-state index is 13.3. The van der Waals surface area contributed by atoms with Crippen LogP contribution in [-0.2, 0) is 16.4 Å². The molecule has 2 aromatic rings. The summed E-state index contributed by atoms with van der Waals surface area (Å²) in [5, 5.41) is 0. The van der Waals surface area contributed by atoms with Crippen molar-refractivity contribution < 1.29 is 17.9 Å². The lowest BCUT2D eigenvalue weighted by atomic mass is 10.0. The molecule has 6 heteroatoms. The zero-order chi connectivity index (χ0) is 20.3. The van der Waals surface area contributed by atoms with Crippen molar-refractivity contribution in [1.82, 2.24) is 4.90 Å². The number of methoxy groups -OCH3 is 1. The van der Waals surface area contributed by atoms with E-state index in [0.717, 1.165) is 5.56 Å².